The quantitative estimate of drug-likeness (QED) is 0.754. The average molecular weight is 197 g/mol. The lowest BCUT2D eigenvalue weighted by Crippen LogP contribution is -2.11. The molecule has 0 bridgehead atoms. The fraction of sp³-hybridized carbons (Fsp3) is 0.700. The molecule has 80 valence electrons. The molecule has 0 aliphatic rings. The molecule has 4 heteroatoms. The molecule has 0 amide bonds. The fourth-order valence-electron chi connectivity index (χ4n) is 1.42. The summed E-state index contributed by atoms with van der Waals surface area (Å²) in [6, 6.07) is 0.0179. The van der Waals surface area contributed by atoms with Crippen molar-refractivity contribution in [2.45, 2.75) is 39.3 Å². The van der Waals surface area contributed by atoms with Crippen molar-refractivity contribution in [3.05, 3.63) is 17.2 Å². The van der Waals surface area contributed by atoms with Crippen molar-refractivity contribution in [3.63, 3.8) is 0 Å². The van der Waals surface area contributed by atoms with Gasteiger partial charge in [-0.25, -0.2) is 4.98 Å². The molecule has 0 aromatic carbocycles. The van der Waals surface area contributed by atoms with Crippen LogP contribution >= 0.6 is 0 Å². The molecule has 0 fully saturated rings. The number of aryl methyl sites for hydroxylation is 1. The molecule has 0 saturated carbocycles. The SMILES string of the molecule is CCCC(N)c1nc(COC)c(C)[nH]1. The van der Waals surface area contributed by atoms with E-state index in [1.165, 1.54) is 0 Å². The van der Waals surface area contributed by atoms with E-state index >= 15 is 0 Å². The van der Waals surface area contributed by atoms with Gasteiger partial charge in [-0.15, -0.1) is 0 Å². The molecule has 0 spiro atoms. The minimum atomic E-state index is 0.0179. The lowest BCUT2D eigenvalue weighted by Gasteiger charge is -2.05. The zero-order chi connectivity index (χ0) is 10.6. The van der Waals surface area contributed by atoms with Crippen molar-refractivity contribution in [1.82, 2.24) is 9.97 Å². The van der Waals surface area contributed by atoms with Gasteiger partial charge in [0.1, 0.15) is 5.82 Å². The Morgan fingerprint density at radius 3 is 2.86 bits per heavy atom. The van der Waals surface area contributed by atoms with Gasteiger partial charge in [0.2, 0.25) is 0 Å². The van der Waals surface area contributed by atoms with Crippen LogP contribution in [0.2, 0.25) is 0 Å². The Bertz CT molecular complexity index is 283. The van der Waals surface area contributed by atoms with Gasteiger partial charge in [0.05, 0.1) is 18.3 Å². The molecule has 1 unspecified atom stereocenters. The number of H-pyrrole nitrogens is 1. The highest BCUT2D eigenvalue weighted by Crippen LogP contribution is 2.15. The normalized spacial score (nSPS) is 13.1. The predicted octanol–water partition coefficient (Wildman–Crippen LogP) is 1.66. The van der Waals surface area contributed by atoms with E-state index in [9.17, 15) is 0 Å². The third-order valence-corrected chi connectivity index (χ3v) is 2.24. The van der Waals surface area contributed by atoms with Gasteiger partial charge in [-0.3, -0.25) is 0 Å². The molecule has 14 heavy (non-hydrogen) atoms. The van der Waals surface area contributed by atoms with Crippen LogP contribution < -0.4 is 5.73 Å². The molecule has 0 radical (unpaired) electrons. The highest BCUT2D eigenvalue weighted by atomic mass is 16.5. The van der Waals surface area contributed by atoms with Gasteiger partial charge in [0.15, 0.2) is 0 Å². The van der Waals surface area contributed by atoms with Crippen LogP contribution in [0, 0.1) is 6.92 Å². The maximum Gasteiger partial charge on any atom is 0.123 e. The Hall–Kier alpha value is -0.870. The first-order valence-electron chi connectivity index (χ1n) is 4.99. The van der Waals surface area contributed by atoms with Gasteiger partial charge in [0, 0.05) is 12.8 Å². The minimum absolute atomic E-state index is 0.0179. The molecular formula is C10H19N3O. The molecule has 4 nitrogen and oxygen atoms in total. The van der Waals surface area contributed by atoms with Crippen molar-refractivity contribution >= 4 is 0 Å². The summed E-state index contributed by atoms with van der Waals surface area (Å²) >= 11 is 0. The maximum absolute atomic E-state index is 5.95. The number of imidazole rings is 1. The summed E-state index contributed by atoms with van der Waals surface area (Å²) in [5, 5.41) is 0. The molecule has 0 saturated heterocycles. The van der Waals surface area contributed by atoms with E-state index in [1.54, 1.807) is 7.11 Å². The second kappa shape index (κ2) is 5.12. The lowest BCUT2D eigenvalue weighted by atomic mass is 10.2. The van der Waals surface area contributed by atoms with Crippen molar-refractivity contribution < 1.29 is 4.74 Å². The summed E-state index contributed by atoms with van der Waals surface area (Å²) in [7, 11) is 1.67. The lowest BCUT2D eigenvalue weighted by molar-refractivity contribution is 0.181. The number of nitrogens with one attached hydrogen (secondary N) is 1. The second-order valence-corrected chi connectivity index (χ2v) is 3.52. The number of nitrogens with two attached hydrogens (primary N) is 1. The predicted molar refractivity (Wildman–Crippen MR) is 55.9 cm³/mol. The average Bonchev–Trinajstić information content (AvgIpc) is 2.49. The Morgan fingerprint density at radius 2 is 2.29 bits per heavy atom. The minimum Gasteiger partial charge on any atom is -0.378 e. The Morgan fingerprint density at radius 1 is 1.57 bits per heavy atom. The zero-order valence-corrected chi connectivity index (χ0v) is 9.13. The first kappa shape index (κ1) is 11.2. The third-order valence-electron chi connectivity index (χ3n) is 2.24. The number of ether oxygens (including phenoxy) is 1. The standard InChI is InChI=1S/C10H19N3O/c1-4-5-8(11)10-12-7(2)9(13-10)6-14-3/h8H,4-6,11H2,1-3H3,(H,12,13). The Balaban J connectivity index is 2.74. The number of rotatable bonds is 5. The zero-order valence-electron chi connectivity index (χ0n) is 9.13. The molecular weight excluding hydrogens is 178 g/mol. The van der Waals surface area contributed by atoms with E-state index in [0.29, 0.717) is 6.61 Å². The first-order valence-corrected chi connectivity index (χ1v) is 4.99. The fourth-order valence-corrected chi connectivity index (χ4v) is 1.42. The summed E-state index contributed by atoms with van der Waals surface area (Å²) in [6.45, 7) is 4.65. The third kappa shape index (κ3) is 2.56. The highest BCUT2D eigenvalue weighted by Gasteiger charge is 2.11. The van der Waals surface area contributed by atoms with E-state index in [2.05, 4.69) is 16.9 Å². The summed E-state index contributed by atoms with van der Waals surface area (Å²) < 4.78 is 5.04. The van der Waals surface area contributed by atoms with Crippen LogP contribution in [0.5, 0.6) is 0 Å². The Kier molecular flexibility index (Phi) is 4.10. The van der Waals surface area contributed by atoms with Crippen molar-refractivity contribution in [1.29, 1.82) is 0 Å². The van der Waals surface area contributed by atoms with E-state index in [4.69, 9.17) is 10.5 Å². The summed E-state index contributed by atoms with van der Waals surface area (Å²) in [6.07, 6.45) is 2.03. The summed E-state index contributed by atoms with van der Waals surface area (Å²) in [5.74, 6) is 0.872. The van der Waals surface area contributed by atoms with Gasteiger partial charge in [-0.05, 0) is 13.3 Å². The van der Waals surface area contributed by atoms with E-state index in [0.717, 1.165) is 30.1 Å². The first-order chi connectivity index (χ1) is 6.69. The number of hydrogen-bond donors (Lipinski definition) is 2. The van der Waals surface area contributed by atoms with Crippen LogP contribution in [-0.4, -0.2) is 17.1 Å². The van der Waals surface area contributed by atoms with Crippen LogP contribution in [0.25, 0.3) is 0 Å². The number of nitrogens with zero attached hydrogens (tertiary/aromatic N) is 1. The van der Waals surface area contributed by atoms with Gasteiger partial charge in [0.25, 0.3) is 0 Å². The number of aromatic nitrogens is 2. The summed E-state index contributed by atoms with van der Waals surface area (Å²) in [4.78, 5) is 7.61. The number of aromatic amines is 1. The summed E-state index contributed by atoms with van der Waals surface area (Å²) in [5.41, 5.74) is 7.95. The van der Waals surface area contributed by atoms with E-state index < -0.39 is 0 Å². The molecule has 3 N–H and O–H groups in total. The molecule has 0 aliphatic carbocycles. The smallest absolute Gasteiger partial charge is 0.123 e. The molecule has 1 aromatic rings. The topological polar surface area (TPSA) is 63.9 Å². The van der Waals surface area contributed by atoms with Crippen molar-refractivity contribution in [2.75, 3.05) is 7.11 Å². The van der Waals surface area contributed by atoms with Gasteiger partial charge < -0.3 is 15.5 Å². The number of methoxy groups -OCH3 is 1. The van der Waals surface area contributed by atoms with Crippen LogP contribution in [0.1, 0.15) is 43.0 Å². The van der Waals surface area contributed by atoms with E-state index in [-0.39, 0.29) is 6.04 Å². The number of hydrogen-bond acceptors (Lipinski definition) is 3. The second-order valence-electron chi connectivity index (χ2n) is 3.52. The van der Waals surface area contributed by atoms with Gasteiger partial charge >= 0.3 is 0 Å². The van der Waals surface area contributed by atoms with Crippen molar-refractivity contribution in [2.24, 2.45) is 5.73 Å². The maximum atomic E-state index is 5.95. The van der Waals surface area contributed by atoms with Gasteiger partial charge in [-0.2, -0.15) is 0 Å². The molecule has 1 aromatic heterocycles. The van der Waals surface area contributed by atoms with E-state index in [1.807, 2.05) is 6.92 Å². The van der Waals surface area contributed by atoms with Crippen molar-refractivity contribution in [3.8, 4) is 0 Å². The molecule has 1 heterocycles. The largest absolute Gasteiger partial charge is 0.378 e. The van der Waals surface area contributed by atoms with Crippen LogP contribution in [0.4, 0.5) is 0 Å². The van der Waals surface area contributed by atoms with Crippen LogP contribution in [-0.2, 0) is 11.3 Å². The highest BCUT2D eigenvalue weighted by molar-refractivity contribution is 5.13. The molecule has 0 aliphatic heterocycles. The Labute approximate surface area is 84.9 Å². The monoisotopic (exact) mass is 197 g/mol. The molecule has 1 rings (SSSR count). The van der Waals surface area contributed by atoms with Crippen LogP contribution in [0.15, 0.2) is 0 Å². The molecule has 1 atom stereocenters. The van der Waals surface area contributed by atoms with Crippen LogP contribution in [0.3, 0.4) is 0 Å². The van der Waals surface area contributed by atoms with Gasteiger partial charge in [-0.1, -0.05) is 13.3 Å².